The minimum absolute atomic E-state index is 0.0698. The van der Waals surface area contributed by atoms with E-state index in [4.69, 9.17) is 4.74 Å². The molecule has 1 aromatic carbocycles. The second kappa shape index (κ2) is 7.33. The zero-order valence-corrected chi connectivity index (χ0v) is 15.7. The first-order valence-corrected chi connectivity index (χ1v) is 10.6. The van der Waals surface area contributed by atoms with E-state index in [1.165, 1.54) is 0 Å². The molecule has 2 heterocycles. The molecule has 0 bridgehead atoms. The molecule has 25 heavy (non-hydrogen) atoms. The molecule has 0 radical (unpaired) electrons. The van der Waals surface area contributed by atoms with Crippen molar-refractivity contribution in [2.75, 3.05) is 38.7 Å². The smallest absolute Gasteiger partial charge is 0.264 e. The van der Waals surface area contributed by atoms with Crippen LogP contribution in [0.1, 0.15) is 18.4 Å². The Labute approximate surface area is 149 Å². The third kappa shape index (κ3) is 4.33. The standard InChI is InChI=1S/C18H26N2O4S/c1-19(2)9-5-10-20(15-8-11-25(22,23)13-15)18(21)17-12-14-6-3-4-7-16(14)24-17/h3-4,6-7,15,17H,5,8-13H2,1-2H3. The van der Waals surface area contributed by atoms with Crippen molar-refractivity contribution in [3.05, 3.63) is 29.8 Å². The number of para-hydroxylation sites is 1. The molecule has 3 rings (SSSR count). The van der Waals surface area contributed by atoms with Gasteiger partial charge in [-0.25, -0.2) is 8.42 Å². The fourth-order valence-electron chi connectivity index (χ4n) is 3.56. The highest BCUT2D eigenvalue weighted by Crippen LogP contribution is 2.30. The number of fused-ring (bicyclic) bond motifs is 1. The molecule has 2 atom stereocenters. The second-order valence-electron chi connectivity index (χ2n) is 7.16. The number of sulfone groups is 1. The van der Waals surface area contributed by atoms with Gasteiger partial charge in [0.05, 0.1) is 11.5 Å². The molecule has 2 unspecified atom stereocenters. The van der Waals surface area contributed by atoms with Crippen LogP contribution in [-0.2, 0) is 21.1 Å². The summed E-state index contributed by atoms with van der Waals surface area (Å²) >= 11 is 0. The molecule has 138 valence electrons. The van der Waals surface area contributed by atoms with Gasteiger partial charge >= 0.3 is 0 Å². The summed E-state index contributed by atoms with van der Waals surface area (Å²) in [6.45, 7) is 1.42. The largest absolute Gasteiger partial charge is 0.480 e. The number of carbonyl (C=O) groups excluding carboxylic acids is 1. The predicted octanol–water partition coefficient (Wildman–Crippen LogP) is 0.957. The zero-order chi connectivity index (χ0) is 18.0. The Morgan fingerprint density at radius 1 is 1.24 bits per heavy atom. The van der Waals surface area contributed by atoms with E-state index in [1.807, 2.05) is 38.4 Å². The molecule has 1 fully saturated rings. The van der Waals surface area contributed by atoms with Crippen molar-refractivity contribution in [1.29, 1.82) is 0 Å². The first-order valence-electron chi connectivity index (χ1n) is 8.76. The maximum atomic E-state index is 13.1. The van der Waals surface area contributed by atoms with E-state index in [2.05, 4.69) is 4.90 Å². The third-order valence-corrected chi connectivity index (χ3v) is 6.61. The summed E-state index contributed by atoms with van der Waals surface area (Å²) in [5.74, 6) is 0.909. The van der Waals surface area contributed by atoms with Crippen molar-refractivity contribution in [2.45, 2.75) is 31.4 Å². The van der Waals surface area contributed by atoms with Gasteiger partial charge in [0, 0.05) is 19.0 Å². The number of carbonyl (C=O) groups is 1. The number of nitrogens with zero attached hydrogens (tertiary/aromatic N) is 2. The Balaban J connectivity index is 1.71. The van der Waals surface area contributed by atoms with Gasteiger partial charge in [0.2, 0.25) is 0 Å². The summed E-state index contributed by atoms with van der Waals surface area (Å²) in [7, 11) is 0.940. The minimum Gasteiger partial charge on any atom is -0.480 e. The van der Waals surface area contributed by atoms with E-state index in [-0.39, 0.29) is 23.5 Å². The third-order valence-electron chi connectivity index (χ3n) is 4.86. The van der Waals surface area contributed by atoms with Gasteiger partial charge in [0.1, 0.15) is 5.75 Å². The lowest BCUT2D eigenvalue weighted by Gasteiger charge is -2.30. The Kier molecular flexibility index (Phi) is 5.34. The average molecular weight is 366 g/mol. The molecular formula is C18H26N2O4S. The van der Waals surface area contributed by atoms with Crippen LogP contribution < -0.4 is 4.74 Å². The van der Waals surface area contributed by atoms with Crippen LogP contribution in [0.3, 0.4) is 0 Å². The van der Waals surface area contributed by atoms with Gasteiger partial charge in [-0.3, -0.25) is 4.79 Å². The minimum atomic E-state index is -3.04. The summed E-state index contributed by atoms with van der Waals surface area (Å²) in [4.78, 5) is 16.9. The number of amides is 1. The van der Waals surface area contributed by atoms with Gasteiger partial charge in [0.25, 0.3) is 5.91 Å². The number of benzene rings is 1. The maximum absolute atomic E-state index is 13.1. The summed E-state index contributed by atoms with van der Waals surface area (Å²) in [6.07, 6.45) is 1.35. The normalized spacial score (nSPS) is 24.1. The van der Waals surface area contributed by atoms with Crippen LogP contribution in [0.2, 0.25) is 0 Å². The van der Waals surface area contributed by atoms with E-state index in [9.17, 15) is 13.2 Å². The van der Waals surface area contributed by atoms with E-state index in [0.29, 0.717) is 19.4 Å². The molecule has 6 nitrogen and oxygen atoms in total. The van der Waals surface area contributed by atoms with E-state index in [1.54, 1.807) is 4.90 Å². The molecule has 1 amide bonds. The van der Waals surface area contributed by atoms with Crippen LogP contribution in [-0.4, -0.2) is 75.0 Å². The van der Waals surface area contributed by atoms with Crippen LogP contribution in [0, 0.1) is 0 Å². The maximum Gasteiger partial charge on any atom is 0.264 e. The molecule has 0 spiro atoms. The van der Waals surface area contributed by atoms with Crippen molar-refractivity contribution in [2.24, 2.45) is 0 Å². The van der Waals surface area contributed by atoms with Crippen LogP contribution in [0.15, 0.2) is 24.3 Å². The summed E-state index contributed by atoms with van der Waals surface area (Å²) in [5.41, 5.74) is 1.04. The topological polar surface area (TPSA) is 66.9 Å². The molecule has 0 aromatic heterocycles. The van der Waals surface area contributed by atoms with Crippen molar-refractivity contribution in [3.63, 3.8) is 0 Å². The monoisotopic (exact) mass is 366 g/mol. The fraction of sp³-hybridized carbons (Fsp3) is 0.611. The molecule has 2 aliphatic rings. The van der Waals surface area contributed by atoms with Crippen molar-refractivity contribution in [1.82, 2.24) is 9.80 Å². The van der Waals surface area contributed by atoms with Crippen molar-refractivity contribution in [3.8, 4) is 5.75 Å². The van der Waals surface area contributed by atoms with E-state index in [0.717, 1.165) is 24.3 Å². The van der Waals surface area contributed by atoms with Gasteiger partial charge in [-0.2, -0.15) is 0 Å². The van der Waals surface area contributed by atoms with Crippen LogP contribution in [0.5, 0.6) is 5.75 Å². The quantitative estimate of drug-likeness (QED) is 0.750. The molecular weight excluding hydrogens is 340 g/mol. The average Bonchev–Trinajstić information content (AvgIpc) is 3.13. The Bertz CT molecular complexity index is 707. The highest BCUT2D eigenvalue weighted by Gasteiger charge is 2.39. The van der Waals surface area contributed by atoms with Crippen molar-refractivity contribution >= 4 is 15.7 Å². The van der Waals surface area contributed by atoms with E-state index < -0.39 is 15.9 Å². The Morgan fingerprint density at radius 2 is 2.00 bits per heavy atom. The van der Waals surface area contributed by atoms with Crippen LogP contribution in [0.25, 0.3) is 0 Å². The number of ether oxygens (including phenoxy) is 1. The summed E-state index contributed by atoms with van der Waals surface area (Å²) in [6, 6.07) is 7.45. The number of rotatable bonds is 6. The van der Waals surface area contributed by atoms with Gasteiger partial charge in [-0.05, 0) is 45.1 Å². The Morgan fingerprint density at radius 3 is 2.64 bits per heavy atom. The molecule has 0 aliphatic carbocycles. The lowest BCUT2D eigenvalue weighted by atomic mass is 10.1. The zero-order valence-electron chi connectivity index (χ0n) is 14.8. The van der Waals surface area contributed by atoms with Crippen LogP contribution >= 0.6 is 0 Å². The molecule has 1 aromatic rings. The summed E-state index contributed by atoms with van der Waals surface area (Å²) in [5, 5.41) is 0. The molecule has 7 heteroatoms. The van der Waals surface area contributed by atoms with Gasteiger partial charge in [-0.1, -0.05) is 18.2 Å². The first kappa shape index (κ1) is 18.2. The van der Waals surface area contributed by atoms with Gasteiger partial charge in [0.15, 0.2) is 15.9 Å². The van der Waals surface area contributed by atoms with Crippen LogP contribution in [0.4, 0.5) is 0 Å². The number of hydrogen-bond acceptors (Lipinski definition) is 5. The van der Waals surface area contributed by atoms with Crippen molar-refractivity contribution < 1.29 is 17.9 Å². The van der Waals surface area contributed by atoms with E-state index >= 15 is 0 Å². The molecule has 0 saturated carbocycles. The highest BCUT2D eigenvalue weighted by atomic mass is 32.2. The molecule has 2 aliphatic heterocycles. The molecule has 1 saturated heterocycles. The Hall–Kier alpha value is -1.60. The lowest BCUT2D eigenvalue weighted by molar-refractivity contribution is -0.140. The summed E-state index contributed by atoms with van der Waals surface area (Å²) < 4.78 is 29.6. The lowest BCUT2D eigenvalue weighted by Crippen LogP contribution is -2.48. The fourth-order valence-corrected chi connectivity index (χ4v) is 5.29. The highest BCUT2D eigenvalue weighted by molar-refractivity contribution is 7.91. The SMILES string of the molecule is CN(C)CCCN(C(=O)C1Cc2ccccc2O1)C1CCS(=O)(=O)C1. The molecule has 0 N–H and O–H groups in total. The predicted molar refractivity (Wildman–Crippen MR) is 96.5 cm³/mol. The van der Waals surface area contributed by atoms with Gasteiger partial charge < -0.3 is 14.5 Å². The second-order valence-corrected chi connectivity index (χ2v) is 9.39. The first-order chi connectivity index (χ1) is 11.9. The number of hydrogen-bond donors (Lipinski definition) is 0. The van der Waals surface area contributed by atoms with Gasteiger partial charge in [-0.15, -0.1) is 0 Å².